The quantitative estimate of drug-likeness (QED) is 0.0428. The number of carbonyl (C=O) groups excluding carboxylic acids is 2. The SMILES string of the molecule is CCCCCCCCCCCCCCCCOC(=O)[C@H](CCCN=C(N)N)N(C(=O)OCC1c2ccccc2-c2ccccc21)S(=O)(=O)C1=C(C)C(C)=C2OC(C)(C)CC2C1C. The van der Waals surface area contributed by atoms with Crippen LogP contribution in [-0.2, 0) is 29.0 Å². The van der Waals surface area contributed by atoms with E-state index in [9.17, 15) is 9.59 Å². The van der Waals surface area contributed by atoms with Gasteiger partial charge in [0.05, 0.1) is 11.5 Å². The van der Waals surface area contributed by atoms with Crippen molar-refractivity contribution in [3.8, 4) is 11.1 Å². The summed E-state index contributed by atoms with van der Waals surface area (Å²) >= 11 is 0. The molecule has 5 rings (SSSR count). The summed E-state index contributed by atoms with van der Waals surface area (Å²) < 4.78 is 49.7. The van der Waals surface area contributed by atoms with E-state index >= 15 is 8.42 Å². The van der Waals surface area contributed by atoms with E-state index in [1.165, 1.54) is 64.2 Å². The number of hydrogen-bond acceptors (Lipinski definition) is 8. The number of nitrogens with zero attached hydrogens (tertiary/aromatic N) is 2. The molecule has 12 heteroatoms. The first-order valence-electron chi connectivity index (χ1n) is 23.4. The van der Waals surface area contributed by atoms with E-state index in [-0.39, 0.29) is 55.3 Å². The summed E-state index contributed by atoms with van der Waals surface area (Å²) in [6, 6.07) is 14.4. The number of allylic oxidation sites excluding steroid dienone is 4. The molecule has 3 aliphatic rings. The van der Waals surface area contributed by atoms with E-state index < -0.39 is 39.6 Å². The van der Waals surface area contributed by atoms with E-state index in [2.05, 4.69) is 11.9 Å². The Bertz CT molecular complexity index is 1990. The maximum atomic E-state index is 15.4. The fourth-order valence-electron chi connectivity index (χ4n) is 9.66. The number of benzene rings is 2. The fourth-order valence-corrected chi connectivity index (χ4v) is 11.8. The number of nitrogens with two attached hydrogens (primary N) is 2. The Morgan fingerprint density at radius 2 is 1.34 bits per heavy atom. The van der Waals surface area contributed by atoms with Crippen LogP contribution in [0.4, 0.5) is 4.79 Å². The predicted molar refractivity (Wildman–Crippen MR) is 249 cm³/mol. The van der Waals surface area contributed by atoms with Gasteiger partial charge >= 0.3 is 12.1 Å². The van der Waals surface area contributed by atoms with Crippen molar-refractivity contribution in [2.24, 2.45) is 28.3 Å². The maximum Gasteiger partial charge on any atom is 0.424 e. The minimum Gasteiger partial charge on any atom is -0.492 e. The Labute approximate surface area is 372 Å². The number of guanidine groups is 1. The van der Waals surface area contributed by atoms with Gasteiger partial charge < -0.3 is 25.7 Å². The lowest BCUT2D eigenvalue weighted by atomic mass is 9.79. The molecule has 2 unspecified atom stereocenters. The van der Waals surface area contributed by atoms with Gasteiger partial charge in [-0.3, -0.25) is 4.99 Å². The van der Waals surface area contributed by atoms with Crippen LogP contribution in [0, 0.1) is 11.8 Å². The van der Waals surface area contributed by atoms with Crippen molar-refractivity contribution in [2.45, 2.75) is 168 Å². The standard InChI is InChI=1S/C50H74N4O7S/c1-7-8-9-10-11-12-13-14-15-16-17-18-19-24-32-59-47(55)44(30-25-31-53-48(51)52)54(62(57,58)46-36(3)35(2)45-42(37(46)4)33-50(5,6)61-45)49(56)60-34-43-40-28-22-20-26-38(40)39-27-21-23-29-41(39)43/h20-23,26-29,37,42-44H,7-19,24-25,30-34H2,1-6H3,(H4,51,52,53)/t37?,42?,44-/m0/s1. The van der Waals surface area contributed by atoms with Crippen molar-refractivity contribution in [3.05, 3.63) is 81.5 Å². The summed E-state index contributed by atoms with van der Waals surface area (Å²) in [4.78, 5) is 33.2. The van der Waals surface area contributed by atoms with Gasteiger partial charge in [0.25, 0.3) is 10.0 Å². The van der Waals surface area contributed by atoms with Crippen molar-refractivity contribution in [3.63, 3.8) is 0 Å². The second kappa shape index (κ2) is 22.9. The number of unbranched alkanes of at least 4 members (excludes halogenated alkanes) is 13. The Hall–Kier alpha value is -4.32. The van der Waals surface area contributed by atoms with Crippen molar-refractivity contribution in [1.29, 1.82) is 0 Å². The Kier molecular flexibility index (Phi) is 18.0. The highest BCUT2D eigenvalue weighted by Gasteiger charge is 2.51. The molecule has 342 valence electrons. The highest BCUT2D eigenvalue weighted by atomic mass is 32.2. The van der Waals surface area contributed by atoms with Crippen LogP contribution < -0.4 is 11.5 Å². The zero-order valence-electron chi connectivity index (χ0n) is 38.4. The molecule has 62 heavy (non-hydrogen) atoms. The van der Waals surface area contributed by atoms with E-state index in [4.69, 9.17) is 25.7 Å². The lowest BCUT2D eigenvalue weighted by Gasteiger charge is -2.35. The van der Waals surface area contributed by atoms with Gasteiger partial charge in [-0.25, -0.2) is 18.0 Å². The van der Waals surface area contributed by atoms with Gasteiger partial charge in [0.1, 0.15) is 24.0 Å². The van der Waals surface area contributed by atoms with Crippen LogP contribution in [0.2, 0.25) is 0 Å². The van der Waals surface area contributed by atoms with Crippen molar-refractivity contribution >= 4 is 28.0 Å². The van der Waals surface area contributed by atoms with Crippen molar-refractivity contribution in [2.75, 3.05) is 19.8 Å². The number of aliphatic imine (C=N–C) groups is 1. The van der Waals surface area contributed by atoms with E-state index in [1.54, 1.807) is 6.92 Å². The van der Waals surface area contributed by atoms with Gasteiger partial charge in [-0.1, -0.05) is 146 Å². The predicted octanol–water partition coefficient (Wildman–Crippen LogP) is 11.0. The third-order valence-electron chi connectivity index (χ3n) is 13.0. The zero-order chi connectivity index (χ0) is 44.9. The monoisotopic (exact) mass is 875 g/mol. The molecule has 1 saturated heterocycles. The number of fused-ring (bicyclic) bond motifs is 4. The number of esters is 1. The first-order valence-corrected chi connectivity index (χ1v) is 24.9. The van der Waals surface area contributed by atoms with Gasteiger partial charge in [-0.15, -0.1) is 0 Å². The van der Waals surface area contributed by atoms with Gasteiger partial charge in [0.2, 0.25) is 0 Å². The first-order chi connectivity index (χ1) is 29.7. The van der Waals surface area contributed by atoms with E-state index in [0.717, 1.165) is 52.8 Å². The summed E-state index contributed by atoms with van der Waals surface area (Å²) in [5, 5.41) is 0. The molecule has 4 N–H and O–H groups in total. The number of amides is 1. The lowest BCUT2D eigenvalue weighted by molar-refractivity contribution is -0.148. The molecular formula is C50H74N4O7S. The molecule has 1 amide bonds. The summed E-state index contributed by atoms with van der Waals surface area (Å²) in [7, 11) is -4.69. The van der Waals surface area contributed by atoms with Crippen LogP contribution in [0.1, 0.15) is 168 Å². The summed E-state index contributed by atoms with van der Waals surface area (Å²) in [5.74, 6) is -1.26. The molecule has 3 atom stereocenters. The highest BCUT2D eigenvalue weighted by molar-refractivity contribution is 7.93. The maximum absolute atomic E-state index is 15.4. The Balaban J connectivity index is 1.34. The van der Waals surface area contributed by atoms with Crippen molar-refractivity contribution in [1.82, 2.24) is 4.31 Å². The number of hydrogen-bond donors (Lipinski definition) is 2. The zero-order valence-corrected chi connectivity index (χ0v) is 39.2. The van der Waals surface area contributed by atoms with Crippen LogP contribution in [-0.4, -0.2) is 62.1 Å². The molecule has 1 fully saturated rings. The minimum atomic E-state index is -4.69. The molecule has 2 aliphatic carbocycles. The summed E-state index contributed by atoms with van der Waals surface area (Å²) in [6.07, 6.45) is 16.3. The highest BCUT2D eigenvalue weighted by Crippen LogP contribution is 2.51. The first kappa shape index (κ1) is 48.7. The topological polar surface area (TPSA) is 164 Å². The Morgan fingerprint density at radius 1 is 0.806 bits per heavy atom. The number of carbonyl (C=O) groups is 2. The third kappa shape index (κ3) is 12.2. The number of ether oxygens (including phenoxy) is 3. The second-order valence-electron chi connectivity index (χ2n) is 18.3. The summed E-state index contributed by atoms with van der Waals surface area (Å²) in [5.41, 5.74) is 16.0. The van der Waals surface area contributed by atoms with Crippen LogP contribution in [0.3, 0.4) is 0 Å². The van der Waals surface area contributed by atoms with Gasteiger partial charge in [0, 0.05) is 24.3 Å². The van der Waals surface area contributed by atoms with Gasteiger partial charge in [-0.05, 0) is 86.8 Å². The molecular weight excluding hydrogens is 801 g/mol. The number of sulfonamides is 1. The second-order valence-corrected chi connectivity index (χ2v) is 20.1. The molecule has 0 saturated carbocycles. The molecule has 2 aromatic carbocycles. The largest absolute Gasteiger partial charge is 0.492 e. The molecule has 1 heterocycles. The minimum absolute atomic E-state index is 0.0713. The molecule has 2 aromatic rings. The van der Waals surface area contributed by atoms with Crippen LogP contribution >= 0.6 is 0 Å². The average molecular weight is 875 g/mol. The normalized spacial score (nSPS) is 18.4. The fraction of sp³-hybridized carbons (Fsp3) is 0.620. The lowest BCUT2D eigenvalue weighted by Crippen LogP contribution is -2.51. The number of rotatable bonds is 25. The molecule has 0 aromatic heterocycles. The van der Waals surface area contributed by atoms with E-state index in [0.29, 0.717) is 22.7 Å². The smallest absolute Gasteiger partial charge is 0.424 e. The van der Waals surface area contributed by atoms with Gasteiger partial charge in [0.15, 0.2) is 5.96 Å². The molecule has 0 bridgehead atoms. The van der Waals surface area contributed by atoms with E-state index in [1.807, 2.05) is 76.2 Å². The molecule has 11 nitrogen and oxygen atoms in total. The van der Waals surface area contributed by atoms with Crippen LogP contribution in [0.25, 0.3) is 11.1 Å². The molecule has 0 radical (unpaired) electrons. The van der Waals surface area contributed by atoms with Crippen LogP contribution in [0.15, 0.2) is 75.3 Å². The Morgan fingerprint density at radius 3 is 1.89 bits per heavy atom. The molecule has 0 spiro atoms. The molecule has 1 aliphatic heterocycles. The summed E-state index contributed by atoms with van der Waals surface area (Å²) in [6.45, 7) is 11.8. The van der Waals surface area contributed by atoms with Crippen molar-refractivity contribution < 1.29 is 32.2 Å². The third-order valence-corrected chi connectivity index (χ3v) is 15.2. The average Bonchev–Trinajstić information content (AvgIpc) is 3.75. The van der Waals surface area contributed by atoms with Gasteiger partial charge in [-0.2, -0.15) is 4.31 Å². The van der Waals surface area contributed by atoms with Crippen LogP contribution in [0.5, 0.6) is 0 Å².